The quantitative estimate of drug-likeness (QED) is 0.588. The fourth-order valence-electron chi connectivity index (χ4n) is 4.32. The van der Waals surface area contributed by atoms with Gasteiger partial charge in [-0.25, -0.2) is 10.9 Å². The van der Waals surface area contributed by atoms with Crippen LogP contribution in [-0.4, -0.2) is 61.5 Å². The topological polar surface area (TPSA) is 90.3 Å². The number of nitrogens with one attached hydrogen (secondary N) is 3. The highest BCUT2D eigenvalue weighted by Crippen LogP contribution is 2.42. The number of hydrogen-bond acceptors (Lipinski definition) is 9. The minimum atomic E-state index is -0.492. The predicted molar refractivity (Wildman–Crippen MR) is 131 cm³/mol. The van der Waals surface area contributed by atoms with Gasteiger partial charge in [-0.1, -0.05) is 0 Å². The molecule has 4 rings (SSSR count). The van der Waals surface area contributed by atoms with E-state index in [2.05, 4.69) is 52.9 Å². The first-order valence-electron chi connectivity index (χ1n) is 11.2. The Hall–Kier alpha value is -2.07. The first-order chi connectivity index (χ1) is 15.2. The van der Waals surface area contributed by atoms with Gasteiger partial charge < -0.3 is 15.0 Å². The van der Waals surface area contributed by atoms with Crippen LogP contribution in [-0.2, 0) is 9.53 Å². The second-order valence-corrected chi connectivity index (χ2v) is 10.7. The van der Waals surface area contributed by atoms with Gasteiger partial charge in [0.2, 0.25) is 0 Å². The molecule has 0 aromatic carbocycles. The highest BCUT2D eigenvalue weighted by atomic mass is 32.1. The maximum Gasteiger partial charge on any atom is 0.320 e. The number of nitrogens with zero attached hydrogens (tertiary/aromatic N) is 3. The van der Waals surface area contributed by atoms with Gasteiger partial charge >= 0.3 is 5.97 Å². The molecule has 3 aliphatic rings. The number of ether oxygens (including phenoxy) is 1. The van der Waals surface area contributed by atoms with Crippen molar-refractivity contribution in [1.82, 2.24) is 16.2 Å². The molecule has 1 aromatic rings. The lowest BCUT2D eigenvalue weighted by atomic mass is 9.96. The van der Waals surface area contributed by atoms with Gasteiger partial charge in [-0.3, -0.25) is 14.8 Å². The van der Waals surface area contributed by atoms with Crippen LogP contribution in [0.25, 0.3) is 0 Å². The average molecular weight is 459 g/mol. The highest BCUT2D eigenvalue weighted by molar-refractivity contribution is 7.16. The van der Waals surface area contributed by atoms with Crippen molar-refractivity contribution in [2.45, 2.75) is 71.9 Å². The second kappa shape index (κ2) is 9.05. The summed E-state index contributed by atoms with van der Waals surface area (Å²) < 4.78 is 5.44. The minimum Gasteiger partial charge on any atom is -0.459 e. The monoisotopic (exact) mass is 458 g/mol. The van der Waals surface area contributed by atoms with Crippen LogP contribution in [0.5, 0.6) is 0 Å². The largest absolute Gasteiger partial charge is 0.459 e. The van der Waals surface area contributed by atoms with Crippen LogP contribution in [0.1, 0.15) is 50.1 Å². The number of carbonyl (C=O) groups excluding carboxylic acids is 1. The van der Waals surface area contributed by atoms with Gasteiger partial charge in [0.1, 0.15) is 16.8 Å². The van der Waals surface area contributed by atoms with Gasteiger partial charge in [-0.05, 0) is 65.2 Å². The number of anilines is 1. The van der Waals surface area contributed by atoms with Crippen LogP contribution in [0.3, 0.4) is 0 Å². The normalized spacial score (nSPS) is 25.1. The highest BCUT2D eigenvalue weighted by Gasteiger charge is 2.42. The summed E-state index contributed by atoms with van der Waals surface area (Å²) in [6.45, 7) is 13.7. The van der Waals surface area contributed by atoms with Crippen LogP contribution in [0, 0.1) is 13.8 Å². The summed E-state index contributed by atoms with van der Waals surface area (Å²) >= 11 is 1.82. The summed E-state index contributed by atoms with van der Waals surface area (Å²) in [7, 11) is 0. The number of esters is 1. The van der Waals surface area contributed by atoms with E-state index >= 15 is 0 Å². The van der Waals surface area contributed by atoms with Gasteiger partial charge in [0.05, 0.1) is 24.5 Å². The molecule has 174 valence electrons. The lowest BCUT2D eigenvalue weighted by molar-refractivity contribution is -0.153. The molecule has 0 radical (unpaired) electrons. The van der Waals surface area contributed by atoms with Crippen LogP contribution < -0.4 is 21.1 Å². The van der Waals surface area contributed by atoms with Crippen LogP contribution >= 0.6 is 11.3 Å². The maximum absolute atomic E-state index is 12.2. The molecule has 0 bridgehead atoms. The Labute approximate surface area is 194 Å². The number of rotatable bonds is 5. The Bertz CT molecular complexity index is 974. The third-order valence-electron chi connectivity index (χ3n) is 5.89. The van der Waals surface area contributed by atoms with Crippen LogP contribution in [0.15, 0.2) is 21.6 Å². The number of thiophene rings is 1. The van der Waals surface area contributed by atoms with Gasteiger partial charge in [0.15, 0.2) is 0 Å². The van der Waals surface area contributed by atoms with E-state index < -0.39 is 5.60 Å². The molecule has 1 aromatic heterocycles. The first kappa shape index (κ1) is 23.1. The summed E-state index contributed by atoms with van der Waals surface area (Å²) in [5.41, 5.74) is 11.1. The SMILES string of the molecule is Cc1sc2c(c1C)C(C1=CC=NCC1)=NC(CNCC(=O)OC(C)(C)C)C1NNC(C)N21. The van der Waals surface area contributed by atoms with Crippen LogP contribution in [0.4, 0.5) is 5.00 Å². The number of hydrogen-bond donors (Lipinski definition) is 3. The number of dihydropyridines is 1. The molecule has 0 amide bonds. The maximum atomic E-state index is 12.2. The van der Waals surface area contributed by atoms with E-state index in [1.165, 1.54) is 26.6 Å². The Morgan fingerprint density at radius 3 is 2.81 bits per heavy atom. The number of fused-ring (bicyclic) bond motifs is 3. The van der Waals surface area contributed by atoms with Crippen molar-refractivity contribution in [3.63, 3.8) is 0 Å². The van der Waals surface area contributed by atoms with Crippen molar-refractivity contribution in [2.75, 3.05) is 24.5 Å². The van der Waals surface area contributed by atoms with E-state index in [9.17, 15) is 4.79 Å². The summed E-state index contributed by atoms with van der Waals surface area (Å²) in [5, 5.41) is 4.53. The van der Waals surface area contributed by atoms with E-state index in [1.54, 1.807) is 0 Å². The Kier molecular flexibility index (Phi) is 6.53. The van der Waals surface area contributed by atoms with Crippen molar-refractivity contribution in [3.05, 3.63) is 27.7 Å². The number of hydrazine groups is 1. The summed E-state index contributed by atoms with van der Waals surface area (Å²) in [6, 6.07) is -0.0936. The Morgan fingerprint density at radius 1 is 1.34 bits per heavy atom. The smallest absolute Gasteiger partial charge is 0.320 e. The van der Waals surface area contributed by atoms with Crippen molar-refractivity contribution < 1.29 is 9.53 Å². The number of allylic oxidation sites excluding steroid dienone is 1. The van der Waals surface area contributed by atoms with Crippen LogP contribution in [0.2, 0.25) is 0 Å². The van der Waals surface area contributed by atoms with E-state index in [1.807, 2.05) is 38.3 Å². The Balaban J connectivity index is 1.66. The molecule has 9 heteroatoms. The zero-order chi connectivity index (χ0) is 23.0. The summed E-state index contributed by atoms with van der Waals surface area (Å²) in [5.74, 6) is -0.255. The summed E-state index contributed by atoms with van der Waals surface area (Å²) in [6.07, 6.45) is 4.96. The molecule has 3 N–H and O–H groups in total. The molecule has 32 heavy (non-hydrogen) atoms. The lowest BCUT2D eigenvalue weighted by Crippen LogP contribution is -2.50. The van der Waals surface area contributed by atoms with E-state index in [0.29, 0.717) is 6.54 Å². The molecule has 1 saturated heterocycles. The van der Waals surface area contributed by atoms with E-state index in [0.717, 1.165) is 18.7 Å². The molecule has 3 atom stereocenters. The van der Waals surface area contributed by atoms with Crippen molar-refractivity contribution >= 4 is 34.2 Å². The molecule has 0 aliphatic carbocycles. The molecular weight excluding hydrogens is 424 g/mol. The lowest BCUT2D eigenvalue weighted by Gasteiger charge is -2.30. The number of aliphatic imine (C=N–C) groups is 2. The third-order valence-corrected chi connectivity index (χ3v) is 7.11. The van der Waals surface area contributed by atoms with Gasteiger partial charge in [0.25, 0.3) is 0 Å². The summed E-state index contributed by atoms with van der Waals surface area (Å²) in [4.78, 5) is 25.6. The molecule has 0 saturated carbocycles. The van der Waals surface area contributed by atoms with Gasteiger partial charge in [0, 0.05) is 29.7 Å². The molecule has 3 unspecified atom stereocenters. The fourth-order valence-corrected chi connectivity index (χ4v) is 5.60. The van der Waals surface area contributed by atoms with Crippen molar-refractivity contribution in [1.29, 1.82) is 0 Å². The molecule has 0 spiro atoms. The minimum absolute atomic E-state index is 0.0253. The van der Waals surface area contributed by atoms with Crippen molar-refractivity contribution in [2.24, 2.45) is 9.98 Å². The zero-order valence-corrected chi connectivity index (χ0v) is 20.6. The van der Waals surface area contributed by atoms with Gasteiger partial charge in [-0.2, -0.15) is 0 Å². The molecule has 1 fully saturated rings. The zero-order valence-electron chi connectivity index (χ0n) is 19.8. The fraction of sp³-hybridized carbons (Fsp3) is 0.609. The second-order valence-electron chi connectivity index (χ2n) is 9.54. The standard InChI is InChI=1S/C23H34N6O2S/c1-13-14(2)32-22-19(13)20(16-7-9-24-10-8-16)26-17(21-28-27-15(3)29(21)22)11-25-12-18(30)31-23(4,5)6/h7,9,15,17,21,25,27-28H,8,10-12H2,1-6H3. The first-order valence-corrected chi connectivity index (χ1v) is 12.1. The van der Waals surface area contributed by atoms with E-state index in [-0.39, 0.29) is 30.9 Å². The van der Waals surface area contributed by atoms with Crippen molar-refractivity contribution in [3.8, 4) is 0 Å². The van der Waals surface area contributed by atoms with E-state index in [4.69, 9.17) is 9.73 Å². The Morgan fingerprint density at radius 2 is 2.12 bits per heavy atom. The van der Waals surface area contributed by atoms with Gasteiger partial charge in [-0.15, -0.1) is 11.3 Å². The number of carbonyl (C=O) groups is 1. The third kappa shape index (κ3) is 4.66. The molecule has 4 heterocycles. The molecular formula is C23H34N6O2S. The molecule has 3 aliphatic heterocycles. The predicted octanol–water partition coefficient (Wildman–Crippen LogP) is 2.45. The molecule has 8 nitrogen and oxygen atoms in total. The number of aryl methyl sites for hydroxylation is 1. The average Bonchev–Trinajstić information content (AvgIpc) is 3.19.